The topological polar surface area (TPSA) is 25.8 Å². The maximum atomic E-state index is 6.11. The summed E-state index contributed by atoms with van der Waals surface area (Å²) < 4.78 is 0.937. The molecule has 0 atom stereocenters. The van der Waals surface area contributed by atoms with E-state index in [1.807, 2.05) is 24.3 Å². The fraction of sp³-hybridized carbons (Fsp3) is 0.231. The Morgan fingerprint density at radius 2 is 2.00 bits per heavy atom. The van der Waals surface area contributed by atoms with E-state index in [0.29, 0.717) is 11.6 Å². The van der Waals surface area contributed by atoms with E-state index in [2.05, 4.69) is 39.5 Å². The van der Waals surface area contributed by atoms with E-state index < -0.39 is 0 Å². The lowest BCUT2D eigenvalue weighted by molar-refractivity contribution is 0.895. The Labute approximate surface area is 130 Å². The van der Waals surface area contributed by atoms with Gasteiger partial charge in [-0.2, -0.15) is 0 Å². The van der Waals surface area contributed by atoms with Gasteiger partial charge in [-0.1, -0.05) is 42.3 Å². The molecule has 0 aliphatic heterocycles. The lowest BCUT2D eigenvalue weighted by atomic mass is 10.1. The number of aromatic nitrogens is 2. The van der Waals surface area contributed by atoms with Crippen LogP contribution >= 0.6 is 45.8 Å². The van der Waals surface area contributed by atoms with Gasteiger partial charge in [0.2, 0.25) is 0 Å². The van der Waals surface area contributed by atoms with Crippen molar-refractivity contribution in [3.8, 4) is 0 Å². The van der Waals surface area contributed by atoms with E-state index in [0.717, 1.165) is 32.1 Å². The van der Waals surface area contributed by atoms with Gasteiger partial charge in [0.25, 0.3) is 0 Å². The molecule has 5 heteroatoms. The minimum absolute atomic E-state index is 0.527. The van der Waals surface area contributed by atoms with E-state index in [-0.39, 0.29) is 0 Å². The highest BCUT2D eigenvalue weighted by Gasteiger charge is 2.09. The summed E-state index contributed by atoms with van der Waals surface area (Å²) in [7, 11) is 0. The van der Waals surface area contributed by atoms with Gasteiger partial charge in [-0.15, -0.1) is 0 Å². The lowest BCUT2D eigenvalue weighted by Crippen LogP contribution is -2.03. The van der Waals surface area contributed by atoms with Crippen LogP contribution in [0.1, 0.15) is 24.0 Å². The molecule has 2 rings (SSSR count). The second-order valence-corrected chi connectivity index (χ2v) is 5.72. The van der Waals surface area contributed by atoms with E-state index in [1.165, 1.54) is 0 Å². The van der Waals surface area contributed by atoms with Crippen molar-refractivity contribution in [1.82, 2.24) is 9.97 Å². The first-order valence-electron chi connectivity index (χ1n) is 5.55. The number of rotatable bonds is 3. The average molecular weight is 393 g/mol. The van der Waals surface area contributed by atoms with Crippen LogP contribution in [-0.4, -0.2) is 9.97 Å². The molecule has 0 saturated heterocycles. The molecule has 1 aromatic carbocycles. The number of hydrogen-bond donors (Lipinski definition) is 0. The zero-order valence-corrected chi connectivity index (χ0v) is 13.4. The second-order valence-electron chi connectivity index (χ2n) is 3.85. The third-order valence-corrected chi connectivity index (χ3v) is 4.47. The monoisotopic (exact) mass is 392 g/mol. The Morgan fingerprint density at radius 1 is 1.22 bits per heavy atom. The van der Waals surface area contributed by atoms with Crippen LogP contribution in [0.3, 0.4) is 0 Å². The largest absolute Gasteiger partial charge is 0.236 e. The first-order valence-corrected chi connectivity index (χ1v) is 7.39. The summed E-state index contributed by atoms with van der Waals surface area (Å²) in [6, 6.07) is 7.70. The molecule has 0 amide bonds. The van der Waals surface area contributed by atoms with Gasteiger partial charge in [0.05, 0.1) is 9.26 Å². The summed E-state index contributed by atoms with van der Waals surface area (Å²) in [6.07, 6.45) is 1.49. The van der Waals surface area contributed by atoms with Crippen LogP contribution in [0, 0.1) is 3.57 Å². The number of aryl methyl sites for hydroxylation is 1. The summed E-state index contributed by atoms with van der Waals surface area (Å²) in [5, 5.41) is 1.25. The molecule has 0 unspecified atom stereocenters. The number of benzene rings is 1. The van der Waals surface area contributed by atoms with Crippen molar-refractivity contribution in [3.05, 3.63) is 55.1 Å². The highest BCUT2D eigenvalue weighted by molar-refractivity contribution is 14.1. The van der Waals surface area contributed by atoms with E-state index in [9.17, 15) is 0 Å². The van der Waals surface area contributed by atoms with Crippen molar-refractivity contribution in [2.24, 2.45) is 0 Å². The molecule has 94 valence electrons. The number of halogens is 3. The molecule has 0 aliphatic carbocycles. The lowest BCUT2D eigenvalue weighted by Gasteiger charge is -2.07. The minimum Gasteiger partial charge on any atom is -0.236 e. The van der Waals surface area contributed by atoms with Crippen LogP contribution < -0.4 is 0 Å². The van der Waals surface area contributed by atoms with Crippen LogP contribution in [0.25, 0.3) is 0 Å². The quantitative estimate of drug-likeness (QED) is 0.566. The maximum Gasteiger partial charge on any atom is 0.146 e. The Kier molecular flexibility index (Phi) is 4.81. The van der Waals surface area contributed by atoms with Crippen LogP contribution in [0.15, 0.2) is 24.3 Å². The smallest absolute Gasteiger partial charge is 0.146 e. The van der Waals surface area contributed by atoms with Crippen LogP contribution in [0.2, 0.25) is 10.2 Å². The summed E-state index contributed by atoms with van der Waals surface area (Å²) in [5.41, 5.74) is 2.08. The summed E-state index contributed by atoms with van der Waals surface area (Å²) in [4.78, 5) is 8.84. The Balaban J connectivity index is 2.32. The molecule has 0 bridgehead atoms. The standard InChI is InChI=1S/C13H11Cl2IN2/c1-2-10-12(16)13(15)18-11(17-10)7-8-4-3-5-9(14)6-8/h3-6H,2,7H2,1H3. The molecule has 0 spiro atoms. The molecule has 0 fully saturated rings. The molecule has 1 aromatic heterocycles. The van der Waals surface area contributed by atoms with Crippen molar-refractivity contribution in [2.45, 2.75) is 19.8 Å². The van der Waals surface area contributed by atoms with E-state index >= 15 is 0 Å². The molecule has 1 heterocycles. The molecular weight excluding hydrogens is 382 g/mol. The van der Waals surface area contributed by atoms with Gasteiger partial charge in [0.15, 0.2) is 0 Å². The maximum absolute atomic E-state index is 6.11. The van der Waals surface area contributed by atoms with Crippen molar-refractivity contribution in [3.63, 3.8) is 0 Å². The van der Waals surface area contributed by atoms with Crippen LogP contribution in [-0.2, 0) is 12.8 Å². The third kappa shape index (κ3) is 3.33. The van der Waals surface area contributed by atoms with Crippen molar-refractivity contribution in [1.29, 1.82) is 0 Å². The van der Waals surface area contributed by atoms with Crippen molar-refractivity contribution >= 4 is 45.8 Å². The molecule has 0 radical (unpaired) electrons. The third-order valence-electron chi connectivity index (χ3n) is 2.51. The Hall–Kier alpha value is -0.390. The molecule has 18 heavy (non-hydrogen) atoms. The Morgan fingerprint density at radius 3 is 2.67 bits per heavy atom. The van der Waals surface area contributed by atoms with E-state index in [1.54, 1.807) is 0 Å². The number of hydrogen-bond acceptors (Lipinski definition) is 2. The first kappa shape index (κ1) is 14.0. The van der Waals surface area contributed by atoms with Crippen molar-refractivity contribution in [2.75, 3.05) is 0 Å². The summed E-state index contributed by atoms with van der Waals surface area (Å²) in [5.74, 6) is 0.736. The van der Waals surface area contributed by atoms with Gasteiger partial charge in [-0.25, -0.2) is 9.97 Å². The van der Waals surface area contributed by atoms with Gasteiger partial charge < -0.3 is 0 Å². The zero-order valence-electron chi connectivity index (χ0n) is 9.75. The fourth-order valence-electron chi connectivity index (χ4n) is 1.65. The van der Waals surface area contributed by atoms with Gasteiger partial charge in [-0.05, 0) is 46.7 Å². The fourth-order valence-corrected chi connectivity index (χ4v) is 2.70. The molecule has 0 N–H and O–H groups in total. The minimum atomic E-state index is 0.527. The predicted octanol–water partition coefficient (Wildman–Crippen LogP) is 4.54. The molecule has 2 nitrogen and oxygen atoms in total. The van der Waals surface area contributed by atoms with E-state index in [4.69, 9.17) is 23.2 Å². The van der Waals surface area contributed by atoms with Gasteiger partial charge in [0, 0.05) is 11.4 Å². The number of nitrogens with zero attached hydrogens (tertiary/aromatic N) is 2. The summed E-state index contributed by atoms with van der Waals surface area (Å²) >= 11 is 14.2. The van der Waals surface area contributed by atoms with Gasteiger partial charge in [0.1, 0.15) is 11.0 Å². The molecule has 0 aliphatic rings. The molecule has 2 aromatic rings. The second kappa shape index (κ2) is 6.17. The SMILES string of the molecule is CCc1nc(Cc2cccc(Cl)c2)nc(Cl)c1I. The van der Waals surface area contributed by atoms with Crippen LogP contribution in [0.5, 0.6) is 0 Å². The molecular formula is C13H11Cl2IN2. The highest BCUT2D eigenvalue weighted by atomic mass is 127. The van der Waals surface area contributed by atoms with Crippen LogP contribution in [0.4, 0.5) is 0 Å². The average Bonchev–Trinajstić information content (AvgIpc) is 2.33. The summed E-state index contributed by atoms with van der Waals surface area (Å²) in [6.45, 7) is 2.06. The Bertz CT molecular complexity index is 573. The predicted molar refractivity (Wildman–Crippen MR) is 83.4 cm³/mol. The zero-order chi connectivity index (χ0) is 13.1. The first-order chi connectivity index (χ1) is 8.60. The van der Waals surface area contributed by atoms with Gasteiger partial charge in [-0.3, -0.25) is 0 Å². The highest BCUT2D eigenvalue weighted by Crippen LogP contribution is 2.21. The van der Waals surface area contributed by atoms with Gasteiger partial charge >= 0.3 is 0 Å². The van der Waals surface area contributed by atoms with Crippen molar-refractivity contribution < 1.29 is 0 Å². The normalized spacial score (nSPS) is 10.7. The molecule has 0 saturated carbocycles.